The highest BCUT2D eigenvalue weighted by Gasteiger charge is 2.11. The molecule has 2 aromatic rings. The van der Waals surface area contributed by atoms with Crippen LogP contribution in [0.4, 0.5) is 0 Å². The zero-order valence-electron chi connectivity index (χ0n) is 9.29. The van der Waals surface area contributed by atoms with Crippen molar-refractivity contribution in [1.82, 2.24) is 0 Å². The van der Waals surface area contributed by atoms with Gasteiger partial charge >= 0.3 is 11.4 Å². The lowest BCUT2D eigenvalue weighted by molar-refractivity contribution is 0.457. The van der Waals surface area contributed by atoms with E-state index in [0.29, 0.717) is 5.75 Å². The van der Waals surface area contributed by atoms with Crippen LogP contribution in [0.5, 0.6) is 5.75 Å². The second-order valence-electron chi connectivity index (χ2n) is 3.62. The molecule has 2 aromatic carbocycles. The van der Waals surface area contributed by atoms with Crippen molar-refractivity contribution in [2.75, 3.05) is 0 Å². The summed E-state index contributed by atoms with van der Waals surface area (Å²) in [6.07, 6.45) is 0. The average Bonchev–Trinajstić information content (AvgIpc) is 2.32. The highest BCUT2D eigenvalue weighted by molar-refractivity contribution is 7.74. The summed E-state index contributed by atoms with van der Waals surface area (Å²) in [4.78, 5) is 0. The van der Waals surface area contributed by atoms with E-state index in [1.165, 1.54) is 0 Å². The molecule has 0 saturated carbocycles. The summed E-state index contributed by atoms with van der Waals surface area (Å²) in [6.45, 7) is 1.84. The SMILES string of the molecule is Cc1cccc(-c2ccccc2)c1OS(=O)O. The maximum absolute atomic E-state index is 10.8. The fourth-order valence-corrected chi connectivity index (χ4v) is 2.04. The third kappa shape index (κ3) is 2.72. The molecule has 0 aliphatic heterocycles. The standard InChI is InChI=1S/C13H12O3S/c1-10-6-5-9-12(13(10)16-17(14)15)11-7-3-2-4-8-11/h2-9H,1H3,(H,14,15). The van der Waals surface area contributed by atoms with Gasteiger partial charge in [0.25, 0.3) is 0 Å². The van der Waals surface area contributed by atoms with Gasteiger partial charge in [0.2, 0.25) is 0 Å². The first kappa shape index (κ1) is 11.8. The van der Waals surface area contributed by atoms with Crippen LogP contribution < -0.4 is 4.18 Å². The third-order valence-corrected chi connectivity index (χ3v) is 2.76. The molecule has 0 bridgehead atoms. The number of hydrogen-bond acceptors (Lipinski definition) is 2. The molecule has 0 spiro atoms. The molecule has 0 saturated heterocycles. The fourth-order valence-electron chi connectivity index (χ4n) is 1.68. The minimum atomic E-state index is -2.31. The summed E-state index contributed by atoms with van der Waals surface area (Å²) in [6, 6.07) is 15.2. The maximum atomic E-state index is 10.8. The smallest absolute Gasteiger partial charge is 0.357 e. The molecule has 3 nitrogen and oxygen atoms in total. The van der Waals surface area contributed by atoms with Crippen molar-refractivity contribution in [2.45, 2.75) is 6.92 Å². The van der Waals surface area contributed by atoms with Gasteiger partial charge in [-0.2, -0.15) is 4.21 Å². The molecule has 0 fully saturated rings. The van der Waals surface area contributed by atoms with Crippen LogP contribution in [0.15, 0.2) is 48.5 Å². The lowest BCUT2D eigenvalue weighted by Crippen LogP contribution is -2.00. The summed E-state index contributed by atoms with van der Waals surface area (Å²) in [7, 11) is 0. The molecule has 2 rings (SSSR count). The van der Waals surface area contributed by atoms with Gasteiger partial charge in [-0.25, -0.2) is 0 Å². The topological polar surface area (TPSA) is 46.5 Å². The zero-order valence-corrected chi connectivity index (χ0v) is 10.1. The Bertz CT molecular complexity index is 538. The van der Waals surface area contributed by atoms with Gasteiger partial charge in [0.15, 0.2) is 5.75 Å². The van der Waals surface area contributed by atoms with Gasteiger partial charge < -0.3 is 4.18 Å². The van der Waals surface area contributed by atoms with E-state index in [4.69, 9.17) is 8.74 Å². The van der Waals surface area contributed by atoms with E-state index in [9.17, 15) is 4.21 Å². The minimum absolute atomic E-state index is 0.444. The van der Waals surface area contributed by atoms with Crippen LogP contribution in [0.2, 0.25) is 0 Å². The fraction of sp³-hybridized carbons (Fsp3) is 0.0769. The van der Waals surface area contributed by atoms with Crippen LogP contribution in [0.3, 0.4) is 0 Å². The number of hydrogen-bond donors (Lipinski definition) is 1. The molecule has 0 heterocycles. The Hall–Kier alpha value is -1.65. The second-order valence-corrected chi connectivity index (χ2v) is 4.22. The summed E-state index contributed by atoms with van der Waals surface area (Å²) in [5.41, 5.74) is 2.60. The van der Waals surface area contributed by atoms with Gasteiger partial charge in [-0.1, -0.05) is 48.5 Å². The normalized spacial score (nSPS) is 12.1. The van der Waals surface area contributed by atoms with Gasteiger partial charge in [-0.05, 0) is 18.1 Å². The molecule has 4 heteroatoms. The highest BCUT2D eigenvalue weighted by atomic mass is 32.2. The first-order valence-corrected chi connectivity index (χ1v) is 6.16. The molecular weight excluding hydrogens is 236 g/mol. The zero-order chi connectivity index (χ0) is 12.3. The molecule has 0 aliphatic rings. The van der Waals surface area contributed by atoms with Crippen molar-refractivity contribution in [2.24, 2.45) is 0 Å². The van der Waals surface area contributed by atoms with Gasteiger partial charge in [0.05, 0.1) is 0 Å². The number of aryl methyl sites for hydroxylation is 1. The van der Waals surface area contributed by atoms with E-state index in [1.807, 2.05) is 55.5 Å². The molecule has 0 aromatic heterocycles. The second kappa shape index (κ2) is 5.12. The minimum Gasteiger partial charge on any atom is -0.379 e. The number of para-hydroxylation sites is 1. The predicted molar refractivity (Wildman–Crippen MR) is 68.0 cm³/mol. The quantitative estimate of drug-likeness (QED) is 0.848. The van der Waals surface area contributed by atoms with Crippen molar-refractivity contribution in [3.63, 3.8) is 0 Å². The van der Waals surface area contributed by atoms with Crippen LogP contribution in [-0.2, 0) is 11.4 Å². The van der Waals surface area contributed by atoms with E-state index in [1.54, 1.807) is 0 Å². The van der Waals surface area contributed by atoms with E-state index >= 15 is 0 Å². The van der Waals surface area contributed by atoms with E-state index in [2.05, 4.69) is 0 Å². The van der Waals surface area contributed by atoms with Crippen LogP contribution in [0.1, 0.15) is 5.56 Å². The van der Waals surface area contributed by atoms with Gasteiger partial charge in [-0.15, -0.1) is 0 Å². The molecular formula is C13H12O3S. The Kier molecular flexibility index (Phi) is 3.56. The monoisotopic (exact) mass is 248 g/mol. The van der Waals surface area contributed by atoms with Crippen molar-refractivity contribution in [1.29, 1.82) is 0 Å². The van der Waals surface area contributed by atoms with E-state index in [0.717, 1.165) is 16.7 Å². The van der Waals surface area contributed by atoms with E-state index in [-0.39, 0.29) is 0 Å². The Balaban J connectivity index is 2.54. The summed E-state index contributed by atoms with van der Waals surface area (Å²) >= 11 is -2.31. The average molecular weight is 248 g/mol. The number of benzene rings is 2. The van der Waals surface area contributed by atoms with Crippen LogP contribution in [-0.4, -0.2) is 8.76 Å². The molecule has 0 aliphatic carbocycles. The third-order valence-electron chi connectivity index (χ3n) is 2.45. The molecule has 0 amide bonds. The van der Waals surface area contributed by atoms with Crippen molar-refractivity contribution in [3.8, 4) is 16.9 Å². The molecule has 0 radical (unpaired) electrons. The largest absolute Gasteiger partial charge is 0.379 e. The van der Waals surface area contributed by atoms with Crippen molar-refractivity contribution >= 4 is 11.4 Å². The summed E-state index contributed by atoms with van der Waals surface area (Å²) in [5, 5.41) is 0. The van der Waals surface area contributed by atoms with Gasteiger partial charge in [0, 0.05) is 5.56 Å². The first-order valence-electron chi connectivity index (χ1n) is 5.12. The molecule has 1 unspecified atom stereocenters. The Morgan fingerprint density at radius 2 is 1.76 bits per heavy atom. The van der Waals surface area contributed by atoms with Gasteiger partial charge in [0.1, 0.15) is 0 Å². The van der Waals surface area contributed by atoms with Crippen molar-refractivity contribution in [3.05, 3.63) is 54.1 Å². The van der Waals surface area contributed by atoms with Crippen LogP contribution >= 0.6 is 0 Å². The molecule has 17 heavy (non-hydrogen) atoms. The Morgan fingerprint density at radius 3 is 2.41 bits per heavy atom. The lowest BCUT2D eigenvalue weighted by Gasteiger charge is -2.10. The number of rotatable bonds is 3. The molecule has 88 valence electrons. The molecule has 1 atom stereocenters. The lowest BCUT2D eigenvalue weighted by atomic mass is 10.0. The Labute approximate surface area is 103 Å². The van der Waals surface area contributed by atoms with Crippen LogP contribution in [0.25, 0.3) is 11.1 Å². The molecule has 1 N–H and O–H groups in total. The van der Waals surface area contributed by atoms with E-state index < -0.39 is 11.4 Å². The van der Waals surface area contributed by atoms with Crippen LogP contribution in [0, 0.1) is 6.92 Å². The van der Waals surface area contributed by atoms with Crippen molar-refractivity contribution < 1.29 is 12.9 Å². The Morgan fingerprint density at radius 1 is 1.06 bits per heavy atom. The maximum Gasteiger partial charge on any atom is 0.357 e. The highest BCUT2D eigenvalue weighted by Crippen LogP contribution is 2.33. The summed E-state index contributed by atoms with van der Waals surface area (Å²) < 4.78 is 24.6. The predicted octanol–water partition coefficient (Wildman–Crippen LogP) is 3.18. The first-order chi connectivity index (χ1) is 8.18. The van der Waals surface area contributed by atoms with Gasteiger partial charge in [-0.3, -0.25) is 4.55 Å². The summed E-state index contributed by atoms with van der Waals surface area (Å²) in [5.74, 6) is 0.444.